The number of nitrogens with zero attached hydrogens (tertiary/aromatic N) is 5. The Balaban J connectivity index is 1.53. The van der Waals surface area contributed by atoms with Crippen LogP contribution in [0.2, 0.25) is 0 Å². The maximum atomic E-state index is 14.5. The Hall–Kier alpha value is -3.72. The van der Waals surface area contributed by atoms with Gasteiger partial charge in [-0.2, -0.15) is 13.2 Å². The summed E-state index contributed by atoms with van der Waals surface area (Å²) < 4.78 is 46.2. The quantitative estimate of drug-likeness (QED) is 0.258. The third-order valence-corrected chi connectivity index (χ3v) is 9.39. The van der Waals surface area contributed by atoms with Crippen LogP contribution in [0.25, 0.3) is 22.6 Å². The molecule has 0 amide bonds. The average molecular weight is 648 g/mol. The number of piperidine rings is 1. The molecule has 0 saturated carbocycles. The Bertz CT molecular complexity index is 1730. The summed E-state index contributed by atoms with van der Waals surface area (Å²) in [6.07, 6.45) is 9.31. The summed E-state index contributed by atoms with van der Waals surface area (Å²) in [5.41, 5.74) is 4.92. The van der Waals surface area contributed by atoms with Crippen LogP contribution in [0.15, 0.2) is 70.2 Å². The van der Waals surface area contributed by atoms with Gasteiger partial charge in [0.1, 0.15) is 0 Å². The van der Waals surface area contributed by atoms with E-state index in [0.29, 0.717) is 29.8 Å². The van der Waals surface area contributed by atoms with Crippen LogP contribution in [0.1, 0.15) is 95.2 Å². The van der Waals surface area contributed by atoms with E-state index >= 15 is 0 Å². The number of benzene rings is 1. The molecule has 1 aromatic carbocycles. The van der Waals surface area contributed by atoms with E-state index in [2.05, 4.69) is 49.7 Å². The molecule has 6 nitrogen and oxygen atoms in total. The second-order valence-electron chi connectivity index (χ2n) is 14.2. The van der Waals surface area contributed by atoms with Crippen LogP contribution >= 0.6 is 0 Å². The highest BCUT2D eigenvalue weighted by Crippen LogP contribution is 2.40. The number of aromatic nitrogens is 3. The summed E-state index contributed by atoms with van der Waals surface area (Å²) in [6, 6.07) is 8.22. The van der Waals surface area contributed by atoms with Crippen LogP contribution in [0.3, 0.4) is 0 Å². The van der Waals surface area contributed by atoms with Gasteiger partial charge in [0.15, 0.2) is 0 Å². The zero-order chi connectivity index (χ0) is 33.9. The molecule has 2 aromatic heterocycles. The first kappa shape index (κ1) is 34.6. The SMILES string of the molecule is CC/C1=C/C(c2ccnc(-c3cn(C)c(=O)n3-c3ccc(C4CCN(C)CC4)c(C(F)(F)F)c3)c2)=CCCCC1=NCCC(C)(C)C. The van der Waals surface area contributed by atoms with Gasteiger partial charge in [-0.3, -0.25) is 14.5 Å². The predicted octanol–water partition coefficient (Wildman–Crippen LogP) is 8.85. The highest BCUT2D eigenvalue weighted by Gasteiger charge is 2.36. The lowest BCUT2D eigenvalue weighted by atomic mass is 9.86. The predicted molar refractivity (Wildman–Crippen MR) is 185 cm³/mol. The highest BCUT2D eigenvalue weighted by atomic mass is 19.4. The molecular weight excluding hydrogens is 599 g/mol. The molecule has 252 valence electrons. The number of halogens is 3. The minimum absolute atomic E-state index is 0.177. The number of allylic oxidation sites excluding steroid dienone is 4. The summed E-state index contributed by atoms with van der Waals surface area (Å²) in [5, 5.41) is 0. The van der Waals surface area contributed by atoms with Crippen molar-refractivity contribution in [1.29, 1.82) is 0 Å². The topological polar surface area (TPSA) is 55.4 Å². The maximum Gasteiger partial charge on any atom is 0.416 e. The Morgan fingerprint density at radius 2 is 1.79 bits per heavy atom. The second-order valence-corrected chi connectivity index (χ2v) is 14.2. The van der Waals surface area contributed by atoms with Gasteiger partial charge in [-0.25, -0.2) is 4.79 Å². The molecule has 3 heterocycles. The van der Waals surface area contributed by atoms with E-state index < -0.39 is 17.4 Å². The van der Waals surface area contributed by atoms with Crippen LogP contribution in [-0.2, 0) is 13.2 Å². The van der Waals surface area contributed by atoms with E-state index in [1.807, 2.05) is 19.2 Å². The molecule has 0 unspecified atom stereocenters. The van der Waals surface area contributed by atoms with Crippen molar-refractivity contribution >= 4 is 11.3 Å². The zero-order valence-corrected chi connectivity index (χ0v) is 28.6. The van der Waals surface area contributed by atoms with Crippen molar-refractivity contribution in [3.05, 3.63) is 87.6 Å². The fourth-order valence-electron chi connectivity index (χ4n) is 6.57. The highest BCUT2D eigenvalue weighted by molar-refractivity contribution is 6.02. The smallest absolute Gasteiger partial charge is 0.306 e. The first-order valence-electron chi connectivity index (χ1n) is 16.8. The number of alkyl halides is 3. The number of rotatable bonds is 7. The molecule has 1 saturated heterocycles. The number of pyridine rings is 1. The molecule has 1 aliphatic carbocycles. The number of imidazole rings is 1. The summed E-state index contributed by atoms with van der Waals surface area (Å²) >= 11 is 0. The maximum absolute atomic E-state index is 14.5. The van der Waals surface area contributed by atoms with Crippen molar-refractivity contribution in [2.24, 2.45) is 17.5 Å². The molecule has 1 aliphatic heterocycles. The van der Waals surface area contributed by atoms with Crippen molar-refractivity contribution in [3.63, 3.8) is 0 Å². The standard InChI is InChI=1S/C38H48F3N5O/c1-7-26-22-28(10-8-9-11-33(26)43-19-17-37(2,3)4)29-14-18-42-34(23-29)35-25-45(6)36(47)46(35)30-12-13-31(32(24-30)38(39,40)41)27-15-20-44(5)21-16-27/h10,12-14,18,22-25,27H,7-9,11,15-17,19-21H2,1-6H3/b26-22-,28-10?,43-33?. The molecule has 47 heavy (non-hydrogen) atoms. The molecule has 5 rings (SSSR count). The van der Waals surface area contributed by atoms with Crippen molar-refractivity contribution in [1.82, 2.24) is 19.0 Å². The number of aliphatic imine (C=N–C) groups is 1. The van der Waals surface area contributed by atoms with Gasteiger partial charge < -0.3 is 9.47 Å². The molecule has 0 bridgehead atoms. The second kappa shape index (κ2) is 14.2. The van der Waals surface area contributed by atoms with Crippen molar-refractivity contribution in [2.75, 3.05) is 26.7 Å². The van der Waals surface area contributed by atoms with E-state index in [-0.39, 0.29) is 17.0 Å². The first-order chi connectivity index (χ1) is 22.2. The normalized spacial score (nSPS) is 19.3. The average Bonchev–Trinajstić information content (AvgIpc) is 3.31. The van der Waals surface area contributed by atoms with E-state index in [0.717, 1.165) is 74.7 Å². The number of likely N-dealkylation sites (tertiary alicyclic amines) is 1. The monoisotopic (exact) mass is 647 g/mol. The third kappa shape index (κ3) is 8.23. The Morgan fingerprint density at radius 3 is 2.47 bits per heavy atom. The number of aryl methyl sites for hydroxylation is 1. The van der Waals surface area contributed by atoms with Crippen LogP contribution < -0.4 is 5.69 Å². The van der Waals surface area contributed by atoms with Crippen LogP contribution in [0, 0.1) is 5.41 Å². The molecule has 9 heteroatoms. The number of hydrogen-bond acceptors (Lipinski definition) is 4. The van der Waals surface area contributed by atoms with Gasteiger partial charge in [-0.05, 0) is 129 Å². The lowest BCUT2D eigenvalue weighted by Gasteiger charge is -2.31. The van der Waals surface area contributed by atoms with E-state index in [1.54, 1.807) is 31.6 Å². The van der Waals surface area contributed by atoms with Gasteiger partial charge in [0.25, 0.3) is 0 Å². The van der Waals surface area contributed by atoms with Gasteiger partial charge in [-0.15, -0.1) is 0 Å². The molecule has 0 atom stereocenters. The molecule has 0 radical (unpaired) electrons. The number of hydrogen-bond donors (Lipinski definition) is 0. The van der Waals surface area contributed by atoms with Gasteiger partial charge in [0.2, 0.25) is 0 Å². The van der Waals surface area contributed by atoms with Gasteiger partial charge in [0, 0.05) is 31.7 Å². The fourth-order valence-corrected chi connectivity index (χ4v) is 6.57. The summed E-state index contributed by atoms with van der Waals surface area (Å²) in [4.78, 5) is 25.2. The minimum Gasteiger partial charge on any atom is -0.306 e. The van der Waals surface area contributed by atoms with Crippen molar-refractivity contribution in [3.8, 4) is 17.1 Å². The van der Waals surface area contributed by atoms with Crippen molar-refractivity contribution in [2.45, 2.75) is 84.7 Å². The molecule has 2 aliphatic rings. The zero-order valence-electron chi connectivity index (χ0n) is 28.6. The van der Waals surface area contributed by atoms with Crippen LogP contribution in [0.5, 0.6) is 0 Å². The Kier molecular flexibility index (Phi) is 10.4. The summed E-state index contributed by atoms with van der Waals surface area (Å²) in [6.45, 7) is 11.2. The molecule has 3 aromatic rings. The van der Waals surface area contributed by atoms with Gasteiger partial charge in [0.05, 0.1) is 22.6 Å². The van der Waals surface area contributed by atoms with Gasteiger partial charge in [-0.1, -0.05) is 39.8 Å². The minimum atomic E-state index is -4.55. The molecular formula is C38H48F3N5O. The molecule has 0 N–H and O–H groups in total. The van der Waals surface area contributed by atoms with E-state index in [1.165, 1.54) is 14.7 Å². The third-order valence-electron chi connectivity index (χ3n) is 9.39. The summed E-state index contributed by atoms with van der Waals surface area (Å²) in [7, 11) is 3.60. The largest absolute Gasteiger partial charge is 0.416 e. The first-order valence-corrected chi connectivity index (χ1v) is 16.8. The molecule has 1 fully saturated rings. The lowest BCUT2D eigenvalue weighted by Crippen LogP contribution is -2.30. The van der Waals surface area contributed by atoms with E-state index in [9.17, 15) is 18.0 Å². The summed E-state index contributed by atoms with van der Waals surface area (Å²) in [5.74, 6) is -0.177. The Labute approximate surface area is 276 Å². The van der Waals surface area contributed by atoms with Gasteiger partial charge >= 0.3 is 11.9 Å². The van der Waals surface area contributed by atoms with Crippen LogP contribution in [0.4, 0.5) is 13.2 Å². The van der Waals surface area contributed by atoms with Crippen molar-refractivity contribution < 1.29 is 13.2 Å². The van der Waals surface area contributed by atoms with E-state index in [4.69, 9.17) is 4.99 Å². The molecule has 0 spiro atoms. The Morgan fingerprint density at radius 1 is 1.04 bits per heavy atom. The fraction of sp³-hybridized carbons (Fsp3) is 0.500. The van der Waals surface area contributed by atoms with Crippen LogP contribution in [-0.4, -0.2) is 51.4 Å². The lowest BCUT2D eigenvalue weighted by molar-refractivity contribution is -0.138.